The van der Waals surface area contributed by atoms with Crippen LogP contribution in [0, 0.1) is 0 Å². The summed E-state index contributed by atoms with van der Waals surface area (Å²) in [6.45, 7) is 3.61. The molecule has 1 fully saturated rings. The van der Waals surface area contributed by atoms with Crippen LogP contribution in [0.2, 0.25) is 0 Å². The van der Waals surface area contributed by atoms with Gasteiger partial charge in [-0.1, -0.05) is 260 Å². The summed E-state index contributed by atoms with van der Waals surface area (Å²) in [4.78, 5) is 12.9. The second-order valence-electron chi connectivity index (χ2n) is 19.4. The van der Waals surface area contributed by atoms with Crippen LogP contribution < -0.4 is 5.32 Å². The largest absolute Gasteiger partial charge is 0.394 e. The first kappa shape index (κ1) is 63.6. The number of hydrogen-bond donors (Lipinski definition) is 6. The lowest BCUT2D eigenvalue weighted by atomic mass is 9.99. The van der Waals surface area contributed by atoms with Crippen molar-refractivity contribution in [2.75, 3.05) is 13.2 Å². The quantitative estimate of drug-likeness (QED) is 0.0261. The van der Waals surface area contributed by atoms with Crippen molar-refractivity contribution < 1.29 is 39.8 Å². The van der Waals surface area contributed by atoms with Crippen molar-refractivity contribution in [1.82, 2.24) is 5.32 Å². The second kappa shape index (κ2) is 48.3. The first-order chi connectivity index (χ1) is 33.3. The number of carbonyl (C=O) groups is 1. The molecule has 0 saturated carbocycles. The van der Waals surface area contributed by atoms with Gasteiger partial charge < -0.3 is 40.3 Å². The number of nitrogens with one attached hydrogen (secondary N) is 1. The Balaban J connectivity index is 2.22. The zero-order chi connectivity index (χ0) is 49.4. The van der Waals surface area contributed by atoms with Crippen LogP contribution in [0.1, 0.15) is 239 Å². The third kappa shape index (κ3) is 37.5. The summed E-state index contributed by atoms with van der Waals surface area (Å²) in [6, 6.07) is -0.863. The van der Waals surface area contributed by atoms with E-state index in [1.54, 1.807) is 12.2 Å². The Bertz CT molecular complexity index is 1290. The van der Waals surface area contributed by atoms with Crippen molar-refractivity contribution in [1.29, 1.82) is 0 Å². The van der Waals surface area contributed by atoms with Crippen molar-refractivity contribution in [3.63, 3.8) is 0 Å². The number of rotatable bonds is 47. The van der Waals surface area contributed by atoms with Gasteiger partial charge >= 0.3 is 0 Å². The van der Waals surface area contributed by atoms with Crippen LogP contribution in [-0.2, 0) is 14.3 Å². The molecular formula is C59H105NO8. The maximum absolute atomic E-state index is 12.9. The Kier molecular flexibility index (Phi) is 45.2. The molecule has 1 amide bonds. The highest BCUT2D eigenvalue weighted by molar-refractivity contribution is 5.77. The van der Waals surface area contributed by atoms with E-state index in [0.717, 1.165) is 44.9 Å². The van der Waals surface area contributed by atoms with E-state index < -0.39 is 49.5 Å². The standard InChI is InChI=1S/C59H105NO8/c1-3-5-7-9-11-13-15-17-19-20-21-22-23-24-25-26-27-28-29-30-31-32-33-35-36-38-40-42-44-46-48-53(62)52(51-67-59-58(66)57(65)56(64)54(50-61)68-59)60-55(63)49-47-45-43-41-39-37-34-18-16-14-12-10-8-6-4-2/h6,8,12,14,18,34,39,41,45-48,52-54,56-59,61-62,64-66H,3-5,7,9-11,13,15-17,19-33,35-38,40,42-44,49-51H2,1-2H3,(H,60,63)/b8-6-,14-12-,34-18-,41-39-,47-45-,48-46+. The van der Waals surface area contributed by atoms with Gasteiger partial charge in [-0.3, -0.25) is 4.79 Å². The summed E-state index contributed by atoms with van der Waals surface area (Å²) in [7, 11) is 0. The van der Waals surface area contributed by atoms with Crippen LogP contribution in [0.4, 0.5) is 0 Å². The molecule has 0 aromatic carbocycles. The highest BCUT2D eigenvalue weighted by Gasteiger charge is 2.44. The maximum atomic E-state index is 12.9. The number of amides is 1. The normalized spacial score (nSPS) is 20.1. The number of aliphatic hydroxyl groups excluding tert-OH is 5. The van der Waals surface area contributed by atoms with Gasteiger partial charge in [-0.05, 0) is 44.9 Å². The van der Waals surface area contributed by atoms with Gasteiger partial charge in [-0.15, -0.1) is 0 Å². The number of unbranched alkanes of at least 4 members (excludes halogenated alkanes) is 28. The topological polar surface area (TPSA) is 149 Å². The first-order valence-electron chi connectivity index (χ1n) is 28.2. The molecule has 1 rings (SSSR count). The highest BCUT2D eigenvalue weighted by atomic mass is 16.7. The van der Waals surface area contributed by atoms with E-state index in [1.165, 1.54) is 167 Å². The molecule has 9 nitrogen and oxygen atoms in total. The highest BCUT2D eigenvalue weighted by Crippen LogP contribution is 2.23. The molecular weight excluding hydrogens is 851 g/mol. The summed E-state index contributed by atoms with van der Waals surface area (Å²) >= 11 is 0. The van der Waals surface area contributed by atoms with E-state index in [-0.39, 0.29) is 18.9 Å². The fourth-order valence-corrected chi connectivity index (χ4v) is 8.64. The van der Waals surface area contributed by atoms with E-state index in [1.807, 2.05) is 12.2 Å². The Morgan fingerprint density at radius 1 is 0.515 bits per heavy atom. The maximum Gasteiger partial charge on any atom is 0.224 e. The molecule has 0 aliphatic carbocycles. The molecule has 7 unspecified atom stereocenters. The van der Waals surface area contributed by atoms with Crippen molar-refractivity contribution >= 4 is 5.91 Å². The second-order valence-corrected chi connectivity index (χ2v) is 19.4. The lowest BCUT2D eigenvalue weighted by Crippen LogP contribution is -2.60. The lowest BCUT2D eigenvalue weighted by Gasteiger charge is -2.40. The van der Waals surface area contributed by atoms with Crippen LogP contribution >= 0.6 is 0 Å². The number of ether oxygens (including phenoxy) is 2. The predicted molar refractivity (Wildman–Crippen MR) is 285 cm³/mol. The SMILES string of the molecule is CC/C=C\C/C=C\C/C=C\C/C=C\C/C=C\CC(=O)NC(COC1OC(CO)C(O)C(O)C1O)C(O)/C=C/CCCCCCCCCCCCCCCCCCCCCCCCCCCCCC. The smallest absolute Gasteiger partial charge is 0.224 e. The number of carbonyl (C=O) groups excluding carboxylic acids is 1. The average molecular weight is 956 g/mol. The molecule has 1 saturated heterocycles. The molecule has 0 bridgehead atoms. The monoisotopic (exact) mass is 956 g/mol. The Morgan fingerprint density at radius 2 is 0.897 bits per heavy atom. The Morgan fingerprint density at radius 3 is 1.29 bits per heavy atom. The minimum atomic E-state index is -1.59. The van der Waals surface area contributed by atoms with E-state index in [9.17, 15) is 30.3 Å². The number of hydrogen-bond acceptors (Lipinski definition) is 8. The Labute approximate surface area is 417 Å². The molecule has 394 valence electrons. The summed E-state index contributed by atoms with van der Waals surface area (Å²) in [6.07, 6.45) is 60.1. The zero-order valence-corrected chi connectivity index (χ0v) is 43.6. The van der Waals surface area contributed by atoms with Gasteiger partial charge in [0, 0.05) is 6.42 Å². The van der Waals surface area contributed by atoms with Crippen molar-refractivity contribution in [2.24, 2.45) is 0 Å². The summed E-state index contributed by atoms with van der Waals surface area (Å²) in [5.74, 6) is -0.304. The van der Waals surface area contributed by atoms with Gasteiger partial charge in [-0.2, -0.15) is 0 Å². The van der Waals surface area contributed by atoms with Crippen molar-refractivity contribution in [3.8, 4) is 0 Å². The fourth-order valence-electron chi connectivity index (χ4n) is 8.64. The van der Waals surface area contributed by atoms with Crippen LogP contribution in [0.5, 0.6) is 0 Å². The first-order valence-corrected chi connectivity index (χ1v) is 28.2. The predicted octanol–water partition coefficient (Wildman–Crippen LogP) is 13.7. The van der Waals surface area contributed by atoms with Crippen LogP contribution in [0.3, 0.4) is 0 Å². The minimum absolute atomic E-state index is 0.111. The molecule has 0 aromatic heterocycles. The number of aliphatic hydroxyl groups is 5. The van der Waals surface area contributed by atoms with Crippen molar-refractivity contribution in [2.45, 2.75) is 281 Å². The molecule has 68 heavy (non-hydrogen) atoms. The molecule has 1 heterocycles. The molecule has 0 aromatic rings. The van der Waals surface area contributed by atoms with Gasteiger partial charge in [0.25, 0.3) is 0 Å². The molecule has 7 atom stereocenters. The average Bonchev–Trinajstić information content (AvgIpc) is 3.34. The summed E-state index contributed by atoms with van der Waals surface area (Å²) in [5, 5.41) is 54.3. The van der Waals surface area contributed by atoms with Crippen LogP contribution in [-0.4, -0.2) is 87.5 Å². The van der Waals surface area contributed by atoms with E-state index in [0.29, 0.717) is 6.42 Å². The van der Waals surface area contributed by atoms with E-state index in [4.69, 9.17) is 9.47 Å². The van der Waals surface area contributed by atoms with Crippen molar-refractivity contribution in [3.05, 3.63) is 72.9 Å². The van der Waals surface area contributed by atoms with Gasteiger partial charge in [0.2, 0.25) is 5.91 Å². The molecule has 0 radical (unpaired) electrons. The van der Waals surface area contributed by atoms with E-state index >= 15 is 0 Å². The molecule has 0 spiro atoms. The Hall–Kier alpha value is -2.37. The van der Waals surface area contributed by atoms with Crippen LogP contribution in [0.25, 0.3) is 0 Å². The molecule has 6 N–H and O–H groups in total. The van der Waals surface area contributed by atoms with Gasteiger partial charge in [0.15, 0.2) is 6.29 Å². The third-order valence-electron chi connectivity index (χ3n) is 13.1. The van der Waals surface area contributed by atoms with Gasteiger partial charge in [0.05, 0.1) is 25.4 Å². The third-order valence-corrected chi connectivity index (χ3v) is 13.1. The molecule has 9 heteroatoms. The summed E-state index contributed by atoms with van der Waals surface area (Å²) < 4.78 is 11.2. The molecule has 1 aliphatic rings. The number of allylic oxidation sites excluding steroid dienone is 10. The lowest BCUT2D eigenvalue weighted by molar-refractivity contribution is -0.302. The fraction of sp³-hybridized carbons (Fsp3) is 0.780. The van der Waals surface area contributed by atoms with E-state index in [2.05, 4.69) is 67.8 Å². The van der Waals surface area contributed by atoms with Gasteiger partial charge in [-0.25, -0.2) is 0 Å². The minimum Gasteiger partial charge on any atom is -0.394 e. The van der Waals surface area contributed by atoms with Crippen LogP contribution in [0.15, 0.2) is 72.9 Å². The zero-order valence-electron chi connectivity index (χ0n) is 43.6. The molecule has 1 aliphatic heterocycles. The van der Waals surface area contributed by atoms with Gasteiger partial charge in [0.1, 0.15) is 24.4 Å². The summed E-state index contributed by atoms with van der Waals surface area (Å²) in [5.41, 5.74) is 0.